The fourth-order valence-corrected chi connectivity index (χ4v) is 2.36. The predicted octanol–water partition coefficient (Wildman–Crippen LogP) is 3.43. The summed E-state index contributed by atoms with van der Waals surface area (Å²) in [5, 5.41) is 2.31. The van der Waals surface area contributed by atoms with Gasteiger partial charge in [-0.15, -0.1) is 0 Å². The maximum atomic E-state index is 13.6. The van der Waals surface area contributed by atoms with Crippen molar-refractivity contribution in [2.45, 2.75) is 6.54 Å². The molecule has 4 nitrogen and oxygen atoms in total. The van der Waals surface area contributed by atoms with E-state index in [0.717, 1.165) is 23.8 Å². The third-order valence-corrected chi connectivity index (χ3v) is 3.62. The molecule has 3 rings (SSSR count). The highest BCUT2D eigenvalue weighted by Crippen LogP contribution is 2.16. The van der Waals surface area contributed by atoms with Gasteiger partial charge in [0.1, 0.15) is 11.6 Å². The van der Waals surface area contributed by atoms with Crippen LogP contribution in [0.25, 0.3) is 0 Å². The van der Waals surface area contributed by atoms with Gasteiger partial charge < -0.3 is 9.88 Å². The van der Waals surface area contributed by atoms with Crippen LogP contribution >= 0.6 is 0 Å². The number of carbonyl (C=O) groups excluding carboxylic acids is 1. The molecule has 25 heavy (non-hydrogen) atoms. The van der Waals surface area contributed by atoms with Crippen LogP contribution in [0.2, 0.25) is 0 Å². The molecule has 0 aliphatic carbocycles. The van der Waals surface area contributed by atoms with Crippen LogP contribution in [-0.2, 0) is 6.54 Å². The number of amides is 1. The van der Waals surface area contributed by atoms with Gasteiger partial charge in [-0.25, -0.2) is 8.78 Å². The lowest BCUT2D eigenvalue weighted by Crippen LogP contribution is -2.22. The molecule has 1 heterocycles. The Morgan fingerprint density at radius 1 is 1.00 bits per heavy atom. The molecule has 0 saturated carbocycles. The summed E-state index contributed by atoms with van der Waals surface area (Å²) >= 11 is 0. The first kappa shape index (κ1) is 16.6. The SMILES string of the molecule is O=C(Nc1cc(F)ccc1F)c1ccc(=O)n(Cc2ccccc2)c1. The quantitative estimate of drug-likeness (QED) is 0.791. The zero-order valence-electron chi connectivity index (χ0n) is 13.1. The van der Waals surface area contributed by atoms with E-state index < -0.39 is 17.5 Å². The Balaban J connectivity index is 1.85. The van der Waals surface area contributed by atoms with Crippen molar-refractivity contribution in [2.24, 2.45) is 0 Å². The molecule has 1 aromatic heterocycles. The number of rotatable bonds is 4. The van der Waals surface area contributed by atoms with E-state index in [1.165, 1.54) is 22.9 Å². The van der Waals surface area contributed by atoms with Gasteiger partial charge >= 0.3 is 0 Å². The normalized spacial score (nSPS) is 10.5. The molecule has 126 valence electrons. The fourth-order valence-electron chi connectivity index (χ4n) is 2.36. The third kappa shape index (κ3) is 3.98. The Morgan fingerprint density at radius 3 is 2.52 bits per heavy atom. The third-order valence-electron chi connectivity index (χ3n) is 3.62. The molecule has 3 aromatic rings. The van der Waals surface area contributed by atoms with Crippen LogP contribution in [0.15, 0.2) is 71.7 Å². The summed E-state index contributed by atoms with van der Waals surface area (Å²) < 4.78 is 28.2. The first-order valence-corrected chi connectivity index (χ1v) is 7.54. The lowest BCUT2D eigenvalue weighted by atomic mass is 10.2. The number of nitrogens with one attached hydrogen (secondary N) is 1. The monoisotopic (exact) mass is 340 g/mol. The molecule has 0 bridgehead atoms. The summed E-state index contributed by atoms with van der Waals surface area (Å²) in [6.07, 6.45) is 1.39. The standard InChI is InChI=1S/C19H14F2N2O2/c20-15-7-8-16(21)17(10-15)22-19(25)14-6-9-18(24)23(12-14)11-13-4-2-1-3-5-13/h1-10,12H,11H2,(H,22,25). The minimum atomic E-state index is -0.743. The molecule has 6 heteroatoms. The van der Waals surface area contributed by atoms with Crippen LogP contribution in [0.5, 0.6) is 0 Å². The van der Waals surface area contributed by atoms with Crippen LogP contribution in [0.3, 0.4) is 0 Å². The predicted molar refractivity (Wildman–Crippen MR) is 90.6 cm³/mol. The molecule has 0 aliphatic heterocycles. The number of hydrogen-bond donors (Lipinski definition) is 1. The number of carbonyl (C=O) groups is 1. The summed E-state index contributed by atoms with van der Waals surface area (Å²) in [6.45, 7) is 0.301. The maximum absolute atomic E-state index is 13.6. The van der Waals surface area contributed by atoms with E-state index in [-0.39, 0.29) is 16.8 Å². The van der Waals surface area contributed by atoms with Crippen LogP contribution in [0.4, 0.5) is 14.5 Å². The van der Waals surface area contributed by atoms with Crippen LogP contribution in [-0.4, -0.2) is 10.5 Å². The lowest BCUT2D eigenvalue weighted by molar-refractivity contribution is 0.102. The van der Waals surface area contributed by atoms with E-state index in [4.69, 9.17) is 0 Å². The maximum Gasteiger partial charge on any atom is 0.257 e. The molecule has 0 spiro atoms. The highest BCUT2D eigenvalue weighted by Gasteiger charge is 2.12. The Bertz CT molecular complexity index is 969. The molecule has 0 radical (unpaired) electrons. The van der Waals surface area contributed by atoms with E-state index in [0.29, 0.717) is 6.54 Å². The second kappa shape index (κ2) is 7.09. The van der Waals surface area contributed by atoms with Crippen molar-refractivity contribution < 1.29 is 13.6 Å². The molecule has 1 N–H and O–H groups in total. The van der Waals surface area contributed by atoms with Crippen molar-refractivity contribution in [3.8, 4) is 0 Å². The van der Waals surface area contributed by atoms with Crippen molar-refractivity contribution >= 4 is 11.6 Å². The molecular formula is C19H14F2N2O2. The number of pyridine rings is 1. The van der Waals surface area contributed by atoms with E-state index in [1.54, 1.807) is 0 Å². The number of benzene rings is 2. The lowest BCUT2D eigenvalue weighted by Gasteiger charge is -2.10. The second-order valence-corrected chi connectivity index (χ2v) is 5.45. The summed E-state index contributed by atoms with van der Waals surface area (Å²) in [5.41, 5.74) is 0.542. The fraction of sp³-hybridized carbons (Fsp3) is 0.0526. The Labute approximate surface area is 142 Å². The molecule has 0 atom stereocenters. The molecule has 0 unspecified atom stereocenters. The van der Waals surface area contributed by atoms with Crippen molar-refractivity contribution in [1.29, 1.82) is 0 Å². The van der Waals surface area contributed by atoms with Crippen molar-refractivity contribution in [2.75, 3.05) is 5.32 Å². The summed E-state index contributed by atoms with van der Waals surface area (Å²) in [5.74, 6) is -2.04. The topological polar surface area (TPSA) is 51.1 Å². The molecular weight excluding hydrogens is 326 g/mol. The van der Waals surface area contributed by atoms with Gasteiger partial charge in [0.2, 0.25) is 0 Å². The molecule has 0 fully saturated rings. The van der Waals surface area contributed by atoms with E-state index in [9.17, 15) is 18.4 Å². The Hall–Kier alpha value is -3.28. The van der Waals surface area contributed by atoms with Crippen molar-refractivity contribution in [3.05, 3.63) is 100.0 Å². The highest BCUT2D eigenvalue weighted by atomic mass is 19.1. The smallest absolute Gasteiger partial charge is 0.257 e. The van der Waals surface area contributed by atoms with Crippen molar-refractivity contribution in [1.82, 2.24) is 4.57 Å². The van der Waals surface area contributed by atoms with Gasteiger partial charge in [0.25, 0.3) is 11.5 Å². The first-order chi connectivity index (χ1) is 12.0. The number of aromatic nitrogens is 1. The number of anilines is 1. The molecule has 0 aliphatic rings. The molecule has 2 aromatic carbocycles. The highest BCUT2D eigenvalue weighted by molar-refractivity contribution is 6.04. The average Bonchev–Trinajstić information content (AvgIpc) is 2.61. The summed E-state index contributed by atoms with van der Waals surface area (Å²) in [4.78, 5) is 24.3. The summed E-state index contributed by atoms with van der Waals surface area (Å²) in [7, 11) is 0. The minimum Gasteiger partial charge on any atom is -0.319 e. The van der Waals surface area contributed by atoms with Gasteiger partial charge in [0, 0.05) is 18.3 Å². The summed E-state index contributed by atoms with van der Waals surface area (Å²) in [6, 6.07) is 14.7. The molecule has 1 amide bonds. The van der Waals surface area contributed by atoms with E-state index >= 15 is 0 Å². The number of halogens is 2. The largest absolute Gasteiger partial charge is 0.319 e. The Morgan fingerprint density at radius 2 is 1.76 bits per heavy atom. The van der Waals surface area contributed by atoms with Gasteiger partial charge in [-0.3, -0.25) is 9.59 Å². The second-order valence-electron chi connectivity index (χ2n) is 5.45. The van der Waals surface area contributed by atoms with Crippen molar-refractivity contribution in [3.63, 3.8) is 0 Å². The zero-order chi connectivity index (χ0) is 17.8. The minimum absolute atomic E-state index is 0.166. The van der Waals surface area contributed by atoms with Gasteiger partial charge in [-0.2, -0.15) is 0 Å². The number of hydrogen-bond acceptors (Lipinski definition) is 2. The first-order valence-electron chi connectivity index (χ1n) is 7.54. The molecule has 0 saturated heterocycles. The van der Waals surface area contributed by atoms with Gasteiger partial charge in [-0.05, 0) is 23.8 Å². The average molecular weight is 340 g/mol. The van der Waals surface area contributed by atoms with Crippen LogP contribution < -0.4 is 10.9 Å². The van der Waals surface area contributed by atoms with Gasteiger partial charge in [0.05, 0.1) is 17.8 Å². The zero-order valence-corrected chi connectivity index (χ0v) is 13.1. The van der Waals surface area contributed by atoms with Gasteiger partial charge in [-0.1, -0.05) is 30.3 Å². The van der Waals surface area contributed by atoms with Gasteiger partial charge in [0.15, 0.2) is 0 Å². The Kier molecular flexibility index (Phi) is 4.70. The van der Waals surface area contributed by atoms with E-state index in [2.05, 4.69) is 5.32 Å². The van der Waals surface area contributed by atoms with Crippen LogP contribution in [0, 0.1) is 11.6 Å². The van der Waals surface area contributed by atoms with Crippen LogP contribution in [0.1, 0.15) is 15.9 Å². The number of nitrogens with zero attached hydrogens (tertiary/aromatic N) is 1. The van der Waals surface area contributed by atoms with E-state index in [1.807, 2.05) is 30.3 Å².